The van der Waals surface area contributed by atoms with Crippen molar-refractivity contribution >= 4 is 5.91 Å². The van der Waals surface area contributed by atoms with Gasteiger partial charge in [0.2, 0.25) is 0 Å². The summed E-state index contributed by atoms with van der Waals surface area (Å²) in [6, 6.07) is 2.07. The summed E-state index contributed by atoms with van der Waals surface area (Å²) in [5.74, 6) is -0.432. The Balaban J connectivity index is 1.55. The molecule has 1 aromatic heterocycles. The van der Waals surface area contributed by atoms with Crippen molar-refractivity contribution in [3.05, 3.63) is 29.6 Å². The van der Waals surface area contributed by atoms with Gasteiger partial charge < -0.3 is 15.2 Å². The van der Waals surface area contributed by atoms with Crippen LogP contribution < -0.4 is 5.32 Å². The lowest BCUT2D eigenvalue weighted by molar-refractivity contribution is -0.141. The molecule has 2 N–H and O–H groups in total. The molecule has 138 valence electrons. The number of pyridine rings is 1. The van der Waals surface area contributed by atoms with Gasteiger partial charge >= 0.3 is 6.18 Å². The molecule has 0 saturated carbocycles. The van der Waals surface area contributed by atoms with Gasteiger partial charge in [-0.1, -0.05) is 0 Å². The van der Waals surface area contributed by atoms with Crippen LogP contribution in [0.15, 0.2) is 18.3 Å². The van der Waals surface area contributed by atoms with E-state index < -0.39 is 17.8 Å². The second-order valence-electron chi connectivity index (χ2n) is 6.41. The molecule has 3 heterocycles. The molecule has 0 spiro atoms. The number of carbonyl (C=O) groups is 1. The number of carbonyl (C=O) groups excluding carboxylic acids is 1. The maximum atomic E-state index is 12.5. The van der Waals surface area contributed by atoms with Crippen LogP contribution in [0.25, 0.3) is 0 Å². The summed E-state index contributed by atoms with van der Waals surface area (Å²) in [5.41, 5.74) is -0.915. The summed E-state index contributed by atoms with van der Waals surface area (Å²) < 4.78 is 43.2. The number of fused-ring (bicyclic) bond motifs is 1. The second kappa shape index (κ2) is 7.27. The van der Waals surface area contributed by atoms with E-state index >= 15 is 0 Å². The van der Waals surface area contributed by atoms with Gasteiger partial charge in [-0.05, 0) is 25.0 Å². The van der Waals surface area contributed by atoms with E-state index in [1.807, 2.05) is 0 Å². The molecule has 1 aromatic rings. The summed E-state index contributed by atoms with van der Waals surface area (Å²) in [7, 11) is 0. The molecule has 2 aliphatic rings. The molecular weight excluding hydrogens is 339 g/mol. The summed E-state index contributed by atoms with van der Waals surface area (Å²) in [6.45, 7) is 2.00. The monoisotopic (exact) mass is 359 g/mol. The van der Waals surface area contributed by atoms with Gasteiger partial charge in [0, 0.05) is 38.0 Å². The first kappa shape index (κ1) is 18.1. The third-order valence-electron chi connectivity index (χ3n) is 4.59. The van der Waals surface area contributed by atoms with E-state index in [0.29, 0.717) is 26.1 Å². The Morgan fingerprint density at radius 1 is 1.40 bits per heavy atom. The van der Waals surface area contributed by atoms with Crippen molar-refractivity contribution in [1.82, 2.24) is 15.2 Å². The summed E-state index contributed by atoms with van der Waals surface area (Å²) in [4.78, 5) is 17.7. The largest absolute Gasteiger partial charge is 0.433 e. The molecule has 2 saturated heterocycles. The number of amides is 1. The number of ether oxygens (including phenoxy) is 1. The van der Waals surface area contributed by atoms with Crippen LogP contribution >= 0.6 is 0 Å². The zero-order chi connectivity index (χ0) is 18.0. The first-order chi connectivity index (χ1) is 11.9. The smallest absolute Gasteiger partial charge is 0.396 e. The van der Waals surface area contributed by atoms with Gasteiger partial charge in [-0.25, -0.2) is 0 Å². The Labute approximate surface area is 143 Å². The highest BCUT2D eigenvalue weighted by atomic mass is 19.4. The minimum absolute atomic E-state index is 0.00480. The highest BCUT2D eigenvalue weighted by Gasteiger charge is 2.38. The Morgan fingerprint density at radius 3 is 2.84 bits per heavy atom. The van der Waals surface area contributed by atoms with Crippen molar-refractivity contribution < 1.29 is 27.8 Å². The zero-order valence-electron chi connectivity index (χ0n) is 13.5. The molecule has 1 amide bonds. The van der Waals surface area contributed by atoms with Gasteiger partial charge in [-0.15, -0.1) is 0 Å². The van der Waals surface area contributed by atoms with Crippen LogP contribution in [-0.2, 0) is 10.9 Å². The first-order valence-corrected chi connectivity index (χ1v) is 8.17. The molecule has 3 atom stereocenters. The van der Waals surface area contributed by atoms with Crippen molar-refractivity contribution in [1.29, 1.82) is 0 Å². The maximum Gasteiger partial charge on any atom is 0.433 e. The van der Waals surface area contributed by atoms with E-state index in [1.54, 1.807) is 0 Å². The Morgan fingerprint density at radius 2 is 2.20 bits per heavy atom. The van der Waals surface area contributed by atoms with Gasteiger partial charge in [0.05, 0.1) is 18.3 Å². The van der Waals surface area contributed by atoms with Crippen LogP contribution in [0.1, 0.15) is 28.9 Å². The minimum atomic E-state index is -4.52. The molecule has 9 heteroatoms. The van der Waals surface area contributed by atoms with Crippen molar-refractivity contribution in [2.75, 3.05) is 26.3 Å². The average Bonchev–Trinajstić information content (AvgIpc) is 2.96. The highest BCUT2D eigenvalue weighted by Crippen LogP contribution is 2.27. The molecule has 6 nitrogen and oxygen atoms in total. The molecule has 0 aromatic carbocycles. The van der Waals surface area contributed by atoms with Gasteiger partial charge in [0.15, 0.2) is 0 Å². The van der Waals surface area contributed by atoms with Crippen molar-refractivity contribution in [3.8, 4) is 0 Å². The zero-order valence-corrected chi connectivity index (χ0v) is 13.5. The van der Waals surface area contributed by atoms with E-state index in [0.717, 1.165) is 24.8 Å². The number of alkyl halides is 3. The number of hydrogen-bond donors (Lipinski definition) is 2. The highest BCUT2D eigenvalue weighted by molar-refractivity contribution is 5.94. The summed E-state index contributed by atoms with van der Waals surface area (Å²) >= 11 is 0. The van der Waals surface area contributed by atoms with Gasteiger partial charge in [-0.3, -0.25) is 14.7 Å². The molecule has 2 aliphatic heterocycles. The number of hydrogen-bond acceptors (Lipinski definition) is 5. The standard InChI is InChI=1S/C16H20F3N3O3/c17-16(18,19)14-2-1-10(6-20-14)15(24)21-11-5-12-9-25-13(3-4-23)8-22(12)7-11/h1-2,6,11-13,23H,3-5,7-9H2,(H,21,24)/t11-,12+,13+/m1/s1. The molecule has 0 bridgehead atoms. The quantitative estimate of drug-likeness (QED) is 0.841. The fourth-order valence-electron chi connectivity index (χ4n) is 3.33. The SMILES string of the molecule is O=C(N[C@@H]1C[C@H]2CO[C@@H](CCO)CN2C1)c1ccc(C(F)(F)F)nc1. The van der Waals surface area contributed by atoms with E-state index in [9.17, 15) is 18.0 Å². The Hall–Kier alpha value is -1.71. The number of halogens is 3. The van der Waals surface area contributed by atoms with Gasteiger partial charge in [0.1, 0.15) is 5.69 Å². The number of nitrogens with zero attached hydrogens (tertiary/aromatic N) is 2. The van der Waals surface area contributed by atoms with Crippen LogP contribution in [0.3, 0.4) is 0 Å². The van der Waals surface area contributed by atoms with Crippen molar-refractivity contribution in [2.45, 2.75) is 37.2 Å². The summed E-state index contributed by atoms with van der Waals surface area (Å²) in [5, 5.41) is 11.8. The van der Waals surface area contributed by atoms with Crippen molar-refractivity contribution in [2.24, 2.45) is 0 Å². The molecular formula is C16H20F3N3O3. The number of aromatic nitrogens is 1. The number of morpholine rings is 1. The fraction of sp³-hybridized carbons (Fsp3) is 0.625. The average molecular weight is 359 g/mol. The topological polar surface area (TPSA) is 74.7 Å². The number of nitrogens with one attached hydrogen (secondary N) is 1. The van der Waals surface area contributed by atoms with E-state index in [2.05, 4.69) is 15.2 Å². The number of aliphatic hydroxyl groups excluding tert-OH is 1. The predicted octanol–water partition coefficient (Wildman–Crippen LogP) is 1.05. The second-order valence-corrected chi connectivity index (χ2v) is 6.41. The van der Waals surface area contributed by atoms with Crippen LogP contribution in [0, 0.1) is 0 Å². The maximum absolute atomic E-state index is 12.5. The van der Waals surface area contributed by atoms with E-state index in [4.69, 9.17) is 9.84 Å². The number of aliphatic hydroxyl groups is 1. The Bertz CT molecular complexity index is 609. The molecule has 2 fully saturated rings. The van der Waals surface area contributed by atoms with E-state index in [1.165, 1.54) is 0 Å². The third kappa shape index (κ3) is 4.28. The normalized spacial score (nSPS) is 27.1. The molecule has 25 heavy (non-hydrogen) atoms. The predicted molar refractivity (Wildman–Crippen MR) is 81.9 cm³/mol. The van der Waals surface area contributed by atoms with Crippen molar-refractivity contribution in [3.63, 3.8) is 0 Å². The lowest BCUT2D eigenvalue weighted by Crippen LogP contribution is -2.46. The molecule has 0 aliphatic carbocycles. The van der Waals surface area contributed by atoms with E-state index in [-0.39, 0.29) is 30.4 Å². The van der Waals surface area contributed by atoms with Gasteiger partial charge in [-0.2, -0.15) is 13.2 Å². The molecule has 0 unspecified atom stereocenters. The lowest BCUT2D eigenvalue weighted by Gasteiger charge is -2.34. The van der Waals surface area contributed by atoms with Gasteiger partial charge in [0.25, 0.3) is 5.91 Å². The van der Waals surface area contributed by atoms with Crippen LogP contribution in [0.5, 0.6) is 0 Å². The van der Waals surface area contributed by atoms with Crippen LogP contribution in [0.2, 0.25) is 0 Å². The summed E-state index contributed by atoms with van der Waals surface area (Å²) in [6.07, 6.45) is -2.27. The fourth-order valence-corrected chi connectivity index (χ4v) is 3.33. The Kier molecular flexibility index (Phi) is 5.26. The third-order valence-corrected chi connectivity index (χ3v) is 4.59. The van der Waals surface area contributed by atoms with Crippen LogP contribution in [-0.4, -0.2) is 65.4 Å². The van der Waals surface area contributed by atoms with Crippen LogP contribution in [0.4, 0.5) is 13.2 Å². The first-order valence-electron chi connectivity index (χ1n) is 8.17. The molecule has 0 radical (unpaired) electrons. The lowest BCUT2D eigenvalue weighted by atomic mass is 10.1. The minimum Gasteiger partial charge on any atom is -0.396 e. The molecule has 3 rings (SSSR count). The number of rotatable bonds is 4.